The first-order valence-corrected chi connectivity index (χ1v) is 8.59. The SMILES string of the molecule is CCC1CN(c2ccc(Br)cc2)CCN1C(=O)OC(C)(C)C. The van der Waals surface area contributed by atoms with Crippen LogP contribution in [0.3, 0.4) is 0 Å². The van der Waals surface area contributed by atoms with E-state index in [0.717, 1.165) is 24.0 Å². The molecule has 0 N–H and O–H groups in total. The van der Waals surface area contributed by atoms with Crippen molar-refractivity contribution >= 4 is 27.7 Å². The summed E-state index contributed by atoms with van der Waals surface area (Å²) in [7, 11) is 0. The number of benzene rings is 1. The maximum Gasteiger partial charge on any atom is 0.410 e. The average molecular weight is 369 g/mol. The lowest BCUT2D eigenvalue weighted by molar-refractivity contribution is 0.0137. The van der Waals surface area contributed by atoms with E-state index < -0.39 is 5.60 Å². The third-order valence-corrected chi connectivity index (χ3v) is 4.30. The van der Waals surface area contributed by atoms with E-state index in [4.69, 9.17) is 4.74 Å². The van der Waals surface area contributed by atoms with E-state index >= 15 is 0 Å². The first-order chi connectivity index (χ1) is 10.3. The van der Waals surface area contributed by atoms with Gasteiger partial charge < -0.3 is 14.5 Å². The quantitative estimate of drug-likeness (QED) is 0.780. The monoisotopic (exact) mass is 368 g/mol. The van der Waals surface area contributed by atoms with Gasteiger partial charge in [0.05, 0.1) is 6.04 Å². The molecule has 1 unspecified atom stereocenters. The summed E-state index contributed by atoms with van der Waals surface area (Å²) in [5.41, 5.74) is 0.753. The molecule has 1 aliphatic heterocycles. The number of carbonyl (C=O) groups is 1. The Labute approximate surface area is 141 Å². The van der Waals surface area contributed by atoms with Crippen molar-refractivity contribution in [3.63, 3.8) is 0 Å². The summed E-state index contributed by atoms with van der Waals surface area (Å²) in [5, 5.41) is 0. The van der Waals surface area contributed by atoms with Crippen LogP contribution in [0.25, 0.3) is 0 Å². The Balaban J connectivity index is 2.05. The number of amides is 1. The summed E-state index contributed by atoms with van der Waals surface area (Å²) < 4.78 is 6.61. The molecule has 0 bridgehead atoms. The van der Waals surface area contributed by atoms with Gasteiger partial charge in [-0.25, -0.2) is 4.79 Å². The van der Waals surface area contributed by atoms with Gasteiger partial charge in [0.25, 0.3) is 0 Å². The van der Waals surface area contributed by atoms with Gasteiger partial charge in [-0.2, -0.15) is 0 Å². The van der Waals surface area contributed by atoms with Gasteiger partial charge >= 0.3 is 6.09 Å². The molecule has 1 amide bonds. The normalized spacial score (nSPS) is 19.2. The Bertz CT molecular complexity index is 510. The number of carbonyl (C=O) groups excluding carboxylic acids is 1. The maximum atomic E-state index is 12.3. The summed E-state index contributed by atoms with van der Waals surface area (Å²) in [6, 6.07) is 8.51. The summed E-state index contributed by atoms with van der Waals surface area (Å²) in [5.74, 6) is 0. The van der Waals surface area contributed by atoms with E-state index in [1.54, 1.807) is 0 Å². The molecule has 1 fully saturated rings. The topological polar surface area (TPSA) is 32.8 Å². The van der Waals surface area contributed by atoms with Crippen molar-refractivity contribution in [2.45, 2.75) is 45.8 Å². The molecule has 0 aromatic heterocycles. The zero-order valence-electron chi connectivity index (χ0n) is 13.8. The van der Waals surface area contributed by atoms with E-state index in [9.17, 15) is 4.79 Å². The highest BCUT2D eigenvalue weighted by atomic mass is 79.9. The Kier molecular flexibility index (Phi) is 5.37. The third kappa shape index (κ3) is 4.38. The predicted octanol–water partition coefficient (Wildman–Crippen LogP) is 4.28. The Morgan fingerprint density at radius 3 is 2.45 bits per heavy atom. The molecule has 0 aliphatic carbocycles. The highest BCUT2D eigenvalue weighted by molar-refractivity contribution is 9.10. The van der Waals surface area contributed by atoms with Crippen LogP contribution in [-0.2, 0) is 4.74 Å². The molecular formula is C17H25BrN2O2. The lowest BCUT2D eigenvalue weighted by atomic mass is 10.1. The Hall–Kier alpha value is -1.23. The summed E-state index contributed by atoms with van der Waals surface area (Å²) >= 11 is 3.46. The van der Waals surface area contributed by atoms with Crippen LogP contribution in [-0.4, -0.2) is 42.3 Å². The fourth-order valence-corrected chi connectivity index (χ4v) is 2.92. The Morgan fingerprint density at radius 1 is 1.27 bits per heavy atom. The van der Waals surface area contributed by atoms with Crippen LogP contribution in [0.5, 0.6) is 0 Å². The molecule has 1 aromatic rings. The highest BCUT2D eigenvalue weighted by Gasteiger charge is 2.32. The van der Waals surface area contributed by atoms with Crippen LogP contribution in [0, 0.1) is 0 Å². The molecule has 1 saturated heterocycles. The summed E-state index contributed by atoms with van der Waals surface area (Å²) in [6.07, 6.45) is 0.724. The van der Waals surface area contributed by atoms with Crippen molar-refractivity contribution < 1.29 is 9.53 Å². The van der Waals surface area contributed by atoms with Crippen LogP contribution in [0.1, 0.15) is 34.1 Å². The fourth-order valence-electron chi connectivity index (χ4n) is 2.65. The molecule has 4 nitrogen and oxygen atoms in total. The zero-order valence-corrected chi connectivity index (χ0v) is 15.4. The van der Waals surface area contributed by atoms with Gasteiger partial charge in [0.15, 0.2) is 0 Å². The van der Waals surface area contributed by atoms with Gasteiger partial charge in [0.1, 0.15) is 5.60 Å². The van der Waals surface area contributed by atoms with Crippen molar-refractivity contribution in [3.05, 3.63) is 28.7 Å². The number of piperazine rings is 1. The molecular weight excluding hydrogens is 344 g/mol. The Morgan fingerprint density at radius 2 is 1.91 bits per heavy atom. The molecule has 1 heterocycles. The van der Waals surface area contributed by atoms with Crippen LogP contribution in [0.2, 0.25) is 0 Å². The number of ether oxygens (including phenoxy) is 1. The van der Waals surface area contributed by atoms with Gasteiger partial charge in [0, 0.05) is 29.8 Å². The fraction of sp³-hybridized carbons (Fsp3) is 0.588. The number of hydrogen-bond acceptors (Lipinski definition) is 3. The molecule has 1 atom stereocenters. The molecule has 2 rings (SSSR count). The van der Waals surface area contributed by atoms with Gasteiger partial charge in [0.2, 0.25) is 0 Å². The van der Waals surface area contributed by atoms with E-state index in [2.05, 4.69) is 52.0 Å². The minimum absolute atomic E-state index is 0.187. The minimum Gasteiger partial charge on any atom is -0.444 e. The second-order valence-electron chi connectivity index (χ2n) is 6.66. The molecule has 0 radical (unpaired) electrons. The van der Waals surface area contributed by atoms with Crippen molar-refractivity contribution in [2.24, 2.45) is 0 Å². The maximum absolute atomic E-state index is 12.3. The molecule has 122 valence electrons. The number of rotatable bonds is 2. The summed E-state index contributed by atoms with van der Waals surface area (Å²) in [4.78, 5) is 16.6. The molecule has 1 aromatic carbocycles. The van der Waals surface area contributed by atoms with E-state index in [-0.39, 0.29) is 12.1 Å². The first kappa shape index (κ1) is 17.1. The van der Waals surface area contributed by atoms with Crippen molar-refractivity contribution in [1.29, 1.82) is 0 Å². The minimum atomic E-state index is -0.446. The van der Waals surface area contributed by atoms with Gasteiger partial charge in [-0.1, -0.05) is 22.9 Å². The van der Waals surface area contributed by atoms with Crippen LogP contribution >= 0.6 is 15.9 Å². The zero-order chi connectivity index (χ0) is 16.3. The number of hydrogen-bond donors (Lipinski definition) is 0. The lowest BCUT2D eigenvalue weighted by Crippen LogP contribution is -2.56. The smallest absolute Gasteiger partial charge is 0.410 e. The largest absolute Gasteiger partial charge is 0.444 e. The van der Waals surface area contributed by atoms with Crippen molar-refractivity contribution in [3.8, 4) is 0 Å². The molecule has 22 heavy (non-hydrogen) atoms. The number of anilines is 1. The third-order valence-electron chi connectivity index (χ3n) is 3.77. The van der Waals surface area contributed by atoms with E-state index in [1.807, 2.05) is 25.7 Å². The number of nitrogens with zero attached hydrogens (tertiary/aromatic N) is 2. The van der Waals surface area contributed by atoms with Crippen LogP contribution in [0.4, 0.5) is 10.5 Å². The van der Waals surface area contributed by atoms with Gasteiger partial charge in [-0.05, 0) is 51.5 Å². The molecule has 1 aliphatic rings. The highest BCUT2D eigenvalue weighted by Crippen LogP contribution is 2.24. The summed E-state index contributed by atoms with van der Waals surface area (Å²) in [6.45, 7) is 10.2. The van der Waals surface area contributed by atoms with Gasteiger partial charge in [-0.15, -0.1) is 0 Å². The van der Waals surface area contributed by atoms with Gasteiger partial charge in [-0.3, -0.25) is 0 Å². The second-order valence-corrected chi connectivity index (χ2v) is 7.57. The number of halogens is 1. The average Bonchev–Trinajstić information content (AvgIpc) is 2.45. The van der Waals surface area contributed by atoms with Crippen molar-refractivity contribution in [2.75, 3.05) is 24.5 Å². The van der Waals surface area contributed by atoms with E-state index in [0.29, 0.717) is 6.54 Å². The van der Waals surface area contributed by atoms with Crippen LogP contribution < -0.4 is 4.90 Å². The second kappa shape index (κ2) is 6.90. The van der Waals surface area contributed by atoms with Crippen LogP contribution in [0.15, 0.2) is 28.7 Å². The predicted molar refractivity (Wildman–Crippen MR) is 93.4 cm³/mol. The molecule has 5 heteroatoms. The van der Waals surface area contributed by atoms with Crippen molar-refractivity contribution in [1.82, 2.24) is 4.90 Å². The standard InChI is InChI=1S/C17H25BrN2O2/c1-5-14-12-19(15-8-6-13(18)7-9-15)10-11-20(14)16(21)22-17(2,3)4/h6-9,14H,5,10-12H2,1-4H3. The van der Waals surface area contributed by atoms with E-state index in [1.165, 1.54) is 5.69 Å². The molecule has 0 spiro atoms. The first-order valence-electron chi connectivity index (χ1n) is 7.80. The molecule has 0 saturated carbocycles. The lowest BCUT2D eigenvalue weighted by Gasteiger charge is -2.42.